The molecule has 0 heterocycles. The summed E-state index contributed by atoms with van der Waals surface area (Å²) < 4.78 is 10.5. The Labute approximate surface area is 88.3 Å². The van der Waals surface area contributed by atoms with Gasteiger partial charge in [0.15, 0.2) is 0 Å². The van der Waals surface area contributed by atoms with Gasteiger partial charge in [-0.2, -0.15) is 0 Å². The zero-order valence-electron chi connectivity index (χ0n) is 8.75. The largest absolute Gasteiger partial charge is 0.488 e. The molecule has 80 valence electrons. The van der Waals surface area contributed by atoms with E-state index in [0.717, 1.165) is 5.75 Å². The first-order chi connectivity index (χ1) is 7.26. The molecule has 5 nitrogen and oxygen atoms in total. The average molecular weight is 207 g/mol. The molecule has 1 aromatic carbocycles. The summed E-state index contributed by atoms with van der Waals surface area (Å²) in [5.41, 5.74) is 8.79. The molecule has 0 spiro atoms. The summed E-state index contributed by atoms with van der Waals surface area (Å²) in [5, 5.41) is 3.46. The molecule has 1 aromatic rings. The van der Waals surface area contributed by atoms with Gasteiger partial charge >= 0.3 is 0 Å². The summed E-state index contributed by atoms with van der Waals surface area (Å²) >= 11 is 0. The van der Waals surface area contributed by atoms with Crippen molar-refractivity contribution in [3.05, 3.63) is 34.7 Å². The van der Waals surface area contributed by atoms with Crippen LogP contribution in [0.5, 0.6) is 5.75 Å². The standard InChI is InChI=1S/C10H13N3O2/c1-8(7-14-2)15-10-5-3-9(4-6-10)12-13-11/h3-6,8H,7H2,1-2H3. The maximum absolute atomic E-state index is 8.21. The van der Waals surface area contributed by atoms with Crippen LogP contribution in [0.1, 0.15) is 6.92 Å². The highest BCUT2D eigenvalue weighted by molar-refractivity contribution is 5.40. The second-order valence-electron chi connectivity index (χ2n) is 3.07. The van der Waals surface area contributed by atoms with Crippen molar-refractivity contribution in [1.82, 2.24) is 0 Å². The first kappa shape index (κ1) is 11.4. The smallest absolute Gasteiger partial charge is 0.119 e. The second kappa shape index (κ2) is 5.90. The van der Waals surface area contributed by atoms with Gasteiger partial charge in [0.1, 0.15) is 11.9 Å². The van der Waals surface area contributed by atoms with Crippen molar-refractivity contribution in [1.29, 1.82) is 0 Å². The normalized spacial score (nSPS) is 11.6. The molecule has 0 saturated heterocycles. The number of methoxy groups -OCH3 is 1. The van der Waals surface area contributed by atoms with Crippen molar-refractivity contribution in [2.75, 3.05) is 13.7 Å². The number of ether oxygens (including phenoxy) is 2. The highest BCUT2D eigenvalue weighted by atomic mass is 16.5. The number of azide groups is 1. The van der Waals surface area contributed by atoms with Crippen LogP contribution in [0.25, 0.3) is 10.4 Å². The highest BCUT2D eigenvalue weighted by Gasteiger charge is 2.02. The van der Waals surface area contributed by atoms with E-state index in [9.17, 15) is 0 Å². The van der Waals surface area contributed by atoms with E-state index in [1.165, 1.54) is 0 Å². The van der Waals surface area contributed by atoms with Crippen molar-refractivity contribution < 1.29 is 9.47 Å². The minimum Gasteiger partial charge on any atom is -0.488 e. The third-order valence-corrected chi connectivity index (χ3v) is 1.74. The van der Waals surface area contributed by atoms with E-state index in [1.54, 1.807) is 31.4 Å². The van der Waals surface area contributed by atoms with Gasteiger partial charge in [-0.1, -0.05) is 5.11 Å². The highest BCUT2D eigenvalue weighted by Crippen LogP contribution is 2.19. The van der Waals surface area contributed by atoms with E-state index in [1.807, 2.05) is 6.92 Å². The van der Waals surface area contributed by atoms with E-state index in [-0.39, 0.29) is 6.10 Å². The molecule has 0 bridgehead atoms. The van der Waals surface area contributed by atoms with Gasteiger partial charge in [-0.25, -0.2) is 0 Å². The van der Waals surface area contributed by atoms with Crippen LogP contribution in [0.4, 0.5) is 5.69 Å². The van der Waals surface area contributed by atoms with Crippen LogP contribution in [0.3, 0.4) is 0 Å². The molecular weight excluding hydrogens is 194 g/mol. The van der Waals surface area contributed by atoms with Gasteiger partial charge in [-0.05, 0) is 36.7 Å². The molecule has 0 aliphatic rings. The van der Waals surface area contributed by atoms with Crippen LogP contribution in [-0.2, 0) is 4.74 Å². The maximum Gasteiger partial charge on any atom is 0.119 e. The zero-order chi connectivity index (χ0) is 11.1. The Kier molecular flexibility index (Phi) is 4.47. The van der Waals surface area contributed by atoms with Crippen molar-refractivity contribution in [2.45, 2.75) is 13.0 Å². The third kappa shape index (κ3) is 3.89. The van der Waals surface area contributed by atoms with Crippen molar-refractivity contribution in [2.24, 2.45) is 5.11 Å². The Bertz CT molecular complexity index is 344. The summed E-state index contributed by atoms with van der Waals surface area (Å²) in [6.07, 6.45) is 0.000295. The third-order valence-electron chi connectivity index (χ3n) is 1.74. The molecule has 15 heavy (non-hydrogen) atoms. The molecular formula is C10H13N3O2. The van der Waals surface area contributed by atoms with Crippen molar-refractivity contribution >= 4 is 5.69 Å². The number of benzene rings is 1. The Morgan fingerprint density at radius 3 is 2.60 bits per heavy atom. The van der Waals surface area contributed by atoms with Crippen LogP contribution < -0.4 is 4.74 Å². The van der Waals surface area contributed by atoms with Gasteiger partial charge < -0.3 is 9.47 Å². The molecule has 0 aliphatic carbocycles. The van der Waals surface area contributed by atoms with Gasteiger partial charge in [0, 0.05) is 17.7 Å². The summed E-state index contributed by atoms with van der Waals surface area (Å²) in [6, 6.07) is 6.93. The van der Waals surface area contributed by atoms with Gasteiger partial charge in [0.05, 0.1) is 6.61 Å². The fraction of sp³-hybridized carbons (Fsp3) is 0.400. The quantitative estimate of drug-likeness (QED) is 0.423. The fourth-order valence-corrected chi connectivity index (χ4v) is 1.14. The van der Waals surface area contributed by atoms with Crippen LogP contribution in [-0.4, -0.2) is 19.8 Å². The average Bonchev–Trinajstić information content (AvgIpc) is 2.22. The lowest BCUT2D eigenvalue weighted by Gasteiger charge is -2.13. The fourth-order valence-electron chi connectivity index (χ4n) is 1.14. The lowest BCUT2D eigenvalue weighted by atomic mass is 10.3. The Hall–Kier alpha value is -1.71. The molecule has 0 N–H and O–H groups in total. The predicted octanol–water partition coefficient (Wildman–Crippen LogP) is 3.04. The predicted molar refractivity (Wildman–Crippen MR) is 57.2 cm³/mol. The van der Waals surface area contributed by atoms with Crippen molar-refractivity contribution in [3.8, 4) is 5.75 Å². The zero-order valence-corrected chi connectivity index (χ0v) is 8.75. The monoisotopic (exact) mass is 207 g/mol. The van der Waals surface area contributed by atoms with Crippen molar-refractivity contribution in [3.63, 3.8) is 0 Å². The summed E-state index contributed by atoms with van der Waals surface area (Å²) in [6.45, 7) is 2.46. The van der Waals surface area contributed by atoms with E-state index < -0.39 is 0 Å². The molecule has 0 saturated carbocycles. The van der Waals surface area contributed by atoms with Crippen LogP contribution in [0.2, 0.25) is 0 Å². The second-order valence-corrected chi connectivity index (χ2v) is 3.07. The molecule has 0 aromatic heterocycles. The molecule has 0 radical (unpaired) electrons. The van der Waals surface area contributed by atoms with E-state index in [0.29, 0.717) is 12.3 Å². The maximum atomic E-state index is 8.21. The molecule has 5 heteroatoms. The van der Waals surface area contributed by atoms with E-state index in [2.05, 4.69) is 10.0 Å². The van der Waals surface area contributed by atoms with Crippen LogP contribution in [0.15, 0.2) is 29.4 Å². The minimum atomic E-state index is 0.000295. The topological polar surface area (TPSA) is 67.2 Å². The summed E-state index contributed by atoms with van der Waals surface area (Å²) in [4.78, 5) is 2.69. The molecule has 1 unspecified atom stereocenters. The molecule has 0 fully saturated rings. The lowest BCUT2D eigenvalue weighted by Crippen LogP contribution is -2.17. The Morgan fingerprint density at radius 2 is 2.07 bits per heavy atom. The lowest BCUT2D eigenvalue weighted by molar-refractivity contribution is 0.0921. The molecule has 0 aliphatic heterocycles. The molecule has 1 atom stereocenters. The summed E-state index contributed by atoms with van der Waals surface area (Å²) in [5.74, 6) is 0.733. The Morgan fingerprint density at radius 1 is 1.40 bits per heavy atom. The van der Waals surface area contributed by atoms with E-state index >= 15 is 0 Å². The van der Waals surface area contributed by atoms with Gasteiger partial charge in [-0.3, -0.25) is 0 Å². The van der Waals surface area contributed by atoms with Gasteiger partial charge in [-0.15, -0.1) is 0 Å². The van der Waals surface area contributed by atoms with Crippen LogP contribution >= 0.6 is 0 Å². The number of rotatable bonds is 5. The number of hydrogen-bond donors (Lipinski definition) is 0. The van der Waals surface area contributed by atoms with Gasteiger partial charge in [0.2, 0.25) is 0 Å². The SMILES string of the molecule is COCC(C)Oc1ccc(N=[N+]=[N-])cc1. The number of hydrogen-bond acceptors (Lipinski definition) is 3. The van der Waals surface area contributed by atoms with Crippen LogP contribution in [0, 0.1) is 0 Å². The van der Waals surface area contributed by atoms with Gasteiger partial charge in [0.25, 0.3) is 0 Å². The molecule has 1 rings (SSSR count). The first-order valence-electron chi connectivity index (χ1n) is 4.57. The van der Waals surface area contributed by atoms with E-state index in [4.69, 9.17) is 15.0 Å². The minimum absolute atomic E-state index is 0.000295. The summed E-state index contributed by atoms with van der Waals surface area (Å²) in [7, 11) is 1.63. The molecule has 0 amide bonds. The Balaban J connectivity index is 2.60. The number of nitrogens with zero attached hydrogens (tertiary/aromatic N) is 3. The first-order valence-corrected chi connectivity index (χ1v) is 4.57.